The quantitative estimate of drug-likeness (QED) is 0.784. The third-order valence-corrected chi connectivity index (χ3v) is 4.29. The fourth-order valence-corrected chi connectivity index (χ4v) is 2.85. The van der Waals surface area contributed by atoms with Crippen LogP contribution in [0.15, 0.2) is 56.7 Å². The summed E-state index contributed by atoms with van der Waals surface area (Å²) in [4.78, 5) is 23.0. The number of carboxylic acid groups (broad SMARTS) is 1. The van der Waals surface area contributed by atoms with Gasteiger partial charge in [0.05, 0.1) is 12.0 Å². The van der Waals surface area contributed by atoms with E-state index in [0.717, 1.165) is 15.7 Å². The topological polar surface area (TPSA) is 85.9 Å². The van der Waals surface area contributed by atoms with Crippen molar-refractivity contribution in [3.63, 3.8) is 0 Å². The molecule has 1 amide bonds. The number of nitrogens with zero attached hydrogens (tertiary/aromatic N) is 2. The van der Waals surface area contributed by atoms with Gasteiger partial charge in [-0.25, -0.2) is 5.01 Å². The van der Waals surface area contributed by atoms with Crippen LogP contribution in [0.1, 0.15) is 36.6 Å². The SMILES string of the molecule is O=C([O-])CCC(=O)N1N=C(c2ccc(Br)cc2)C[C@@H]1c1ccco1. The molecular weight excluding hydrogens is 376 g/mol. The smallest absolute Gasteiger partial charge is 0.243 e. The molecule has 1 aromatic heterocycles. The van der Waals surface area contributed by atoms with Crippen LogP contribution < -0.4 is 5.11 Å². The Kier molecular flexibility index (Phi) is 4.80. The Morgan fingerprint density at radius 2 is 2.00 bits per heavy atom. The van der Waals surface area contributed by atoms with Crippen molar-refractivity contribution in [1.29, 1.82) is 0 Å². The molecule has 1 atom stereocenters. The van der Waals surface area contributed by atoms with E-state index in [2.05, 4.69) is 21.0 Å². The molecule has 0 fully saturated rings. The molecule has 1 aromatic carbocycles. The average molecular weight is 390 g/mol. The Morgan fingerprint density at radius 3 is 2.62 bits per heavy atom. The van der Waals surface area contributed by atoms with Crippen LogP contribution in [0, 0.1) is 0 Å². The highest BCUT2D eigenvalue weighted by molar-refractivity contribution is 9.10. The van der Waals surface area contributed by atoms with Gasteiger partial charge in [0, 0.05) is 23.3 Å². The maximum absolute atomic E-state index is 12.4. The van der Waals surface area contributed by atoms with E-state index in [1.807, 2.05) is 24.3 Å². The summed E-state index contributed by atoms with van der Waals surface area (Å²) in [6.45, 7) is 0. The molecule has 0 saturated carbocycles. The van der Waals surface area contributed by atoms with Gasteiger partial charge in [-0.05, 0) is 36.2 Å². The lowest BCUT2D eigenvalue weighted by atomic mass is 10.0. The number of amides is 1. The van der Waals surface area contributed by atoms with Crippen LogP contribution in [0.4, 0.5) is 0 Å². The number of aliphatic carboxylic acids is 1. The summed E-state index contributed by atoms with van der Waals surface area (Å²) >= 11 is 3.39. The van der Waals surface area contributed by atoms with E-state index in [0.29, 0.717) is 12.2 Å². The Bertz CT molecular complexity index is 768. The largest absolute Gasteiger partial charge is 0.550 e. The predicted molar refractivity (Wildman–Crippen MR) is 87.8 cm³/mol. The molecule has 1 aliphatic rings. The molecule has 0 aliphatic carbocycles. The van der Waals surface area contributed by atoms with Gasteiger partial charge in [-0.2, -0.15) is 5.10 Å². The molecule has 2 heterocycles. The second-order valence-electron chi connectivity index (χ2n) is 5.40. The monoisotopic (exact) mass is 389 g/mol. The molecule has 0 bridgehead atoms. The van der Waals surface area contributed by atoms with Crippen molar-refractivity contribution in [2.75, 3.05) is 0 Å². The van der Waals surface area contributed by atoms with E-state index in [-0.39, 0.29) is 24.8 Å². The lowest BCUT2D eigenvalue weighted by molar-refractivity contribution is -0.305. The fourth-order valence-electron chi connectivity index (χ4n) is 2.58. The van der Waals surface area contributed by atoms with Gasteiger partial charge in [0.2, 0.25) is 5.91 Å². The van der Waals surface area contributed by atoms with Crippen molar-refractivity contribution < 1.29 is 19.1 Å². The van der Waals surface area contributed by atoms with Crippen molar-refractivity contribution in [1.82, 2.24) is 5.01 Å². The molecule has 0 unspecified atom stereocenters. The third kappa shape index (κ3) is 3.56. The first-order valence-electron chi connectivity index (χ1n) is 7.43. The standard InChI is InChI=1S/C17H15BrN2O4/c18-12-5-3-11(4-6-12)13-10-14(15-2-1-9-24-15)20(19-13)16(21)7-8-17(22)23/h1-6,9,14H,7-8,10H2,(H,22,23)/p-1/t14-/m1/s1. The highest BCUT2D eigenvalue weighted by Crippen LogP contribution is 2.33. The van der Waals surface area contributed by atoms with Gasteiger partial charge in [0.1, 0.15) is 11.8 Å². The highest BCUT2D eigenvalue weighted by atomic mass is 79.9. The lowest BCUT2D eigenvalue weighted by Crippen LogP contribution is -2.29. The predicted octanol–water partition coefficient (Wildman–Crippen LogP) is 2.25. The summed E-state index contributed by atoms with van der Waals surface area (Å²) in [5, 5.41) is 16.3. The second kappa shape index (κ2) is 7.00. The van der Waals surface area contributed by atoms with Crippen LogP contribution in [-0.4, -0.2) is 22.6 Å². The molecule has 124 valence electrons. The maximum atomic E-state index is 12.4. The zero-order valence-electron chi connectivity index (χ0n) is 12.6. The van der Waals surface area contributed by atoms with Crippen molar-refractivity contribution in [3.8, 4) is 0 Å². The van der Waals surface area contributed by atoms with Crippen molar-refractivity contribution >= 4 is 33.5 Å². The minimum absolute atomic E-state index is 0.156. The number of hydrogen-bond donors (Lipinski definition) is 0. The summed E-state index contributed by atoms with van der Waals surface area (Å²) < 4.78 is 6.38. The Balaban J connectivity index is 1.86. The zero-order valence-corrected chi connectivity index (χ0v) is 14.2. The Morgan fingerprint density at radius 1 is 1.25 bits per heavy atom. The molecule has 0 N–H and O–H groups in total. The Hall–Kier alpha value is -2.41. The van der Waals surface area contributed by atoms with E-state index in [1.165, 1.54) is 11.3 Å². The van der Waals surface area contributed by atoms with Crippen LogP contribution in [-0.2, 0) is 9.59 Å². The fraction of sp³-hybridized carbons (Fsp3) is 0.235. The summed E-state index contributed by atoms with van der Waals surface area (Å²) in [6.07, 6.45) is 1.56. The van der Waals surface area contributed by atoms with Gasteiger partial charge < -0.3 is 14.3 Å². The van der Waals surface area contributed by atoms with Crippen molar-refractivity contribution in [2.45, 2.75) is 25.3 Å². The Labute approximate surface area is 146 Å². The number of halogens is 1. The van der Waals surface area contributed by atoms with Crippen molar-refractivity contribution in [3.05, 3.63) is 58.5 Å². The van der Waals surface area contributed by atoms with Crippen LogP contribution in [0.25, 0.3) is 0 Å². The molecule has 2 aromatic rings. The molecule has 1 aliphatic heterocycles. The average Bonchev–Trinajstić information content (AvgIpc) is 3.22. The summed E-state index contributed by atoms with van der Waals surface area (Å²) in [5.41, 5.74) is 1.66. The summed E-state index contributed by atoms with van der Waals surface area (Å²) in [7, 11) is 0. The number of rotatable bonds is 5. The van der Waals surface area contributed by atoms with Crippen LogP contribution in [0.3, 0.4) is 0 Å². The van der Waals surface area contributed by atoms with E-state index >= 15 is 0 Å². The van der Waals surface area contributed by atoms with Crippen LogP contribution in [0.2, 0.25) is 0 Å². The van der Waals surface area contributed by atoms with E-state index in [9.17, 15) is 14.7 Å². The summed E-state index contributed by atoms with van der Waals surface area (Å²) in [6, 6.07) is 10.8. The van der Waals surface area contributed by atoms with Gasteiger partial charge in [0.25, 0.3) is 0 Å². The first kappa shape index (κ1) is 16.4. The highest BCUT2D eigenvalue weighted by Gasteiger charge is 2.34. The molecular formula is C17H14BrN2O4-. The molecule has 7 heteroatoms. The molecule has 24 heavy (non-hydrogen) atoms. The van der Waals surface area contributed by atoms with E-state index < -0.39 is 5.97 Å². The van der Waals surface area contributed by atoms with Gasteiger partial charge in [-0.1, -0.05) is 28.1 Å². The molecule has 0 spiro atoms. The van der Waals surface area contributed by atoms with Crippen LogP contribution >= 0.6 is 15.9 Å². The van der Waals surface area contributed by atoms with E-state index in [1.54, 1.807) is 12.1 Å². The number of furan rings is 1. The molecule has 6 nitrogen and oxygen atoms in total. The molecule has 0 radical (unpaired) electrons. The number of carboxylic acids is 1. The van der Waals surface area contributed by atoms with Gasteiger partial charge in [0.15, 0.2) is 0 Å². The van der Waals surface area contributed by atoms with Gasteiger partial charge in [-0.15, -0.1) is 0 Å². The zero-order chi connectivity index (χ0) is 17.1. The normalized spacial score (nSPS) is 17.0. The first-order valence-corrected chi connectivity index (χ1v) is 8.22. The number of carbonyl (C=O) groups excluding carboxylic acids is 2. The summed E-state index contributed by atoms with van der Waals surface area (Å²) in [5.74, 6) is -1.01. The molecule has 3 rings (SSSR count). The van der Waals surface area contributed by atoms with E-state index in [4.69, 9.17) is 4.42 Å². The first-order chi connectivity index (χ1) is 11.5. The third-order valence-electron chi connectivity index (χ3n) is 3.76. The van der Waals surface area contributed by atoms with Crippen LogP contribution in [0.5, 0.6) is 0 Å². The minimum atomic E-state index is -1.26. The van der Waals surface area contributed by atoms with Crippen molar-refractivity contribution in [2.24, 2.45) is 5.10 Å². The minimum Gasteiger partial charge on any atom is -0.550 e. The maximum Gasteiger partial charge on any atom is 0.243 e. The number of carbonyl (C=O) groups is 2. The lowest BCUT2D eigenvalue weighted by Gasteiger charge is -2.19. The molecule has 0 saturated heterocycles. The van der Waals surface area contributed by atoms with Gasteiger partial charge >= 0.3 is 0 Å². The number of hydrazone groups is 1. The number of hydrogen-bond acceptors (Lipinski definition) is 5. The van der Waals surface area contributed by atoms with Gasteiger partial charge in [-0.3, -0.25) is 4.79 Å². The number of benzene rings is 1. The second-order valence-corrected chi connectivity index (χ2v) is 6.31.